The van der Waals surface area contributed by atoms with Gasteiger partial charge in [-0.05, 0) is 235 Å². The van der Waals surface area contributed by atoms with Crippen LogP contribution in [0.15, 0.2) is 48.5 Å². The third-order valence-electron chi connectivity index (χ3n) is 5.97. The molecule has 0 aromatic heterocycles. The van der Waals surface area contributed by atoms with Crippen molar-refractivity contribution in [2.45, 2.75) is 13.3 Å². The molecule has 2 nitrogen and oxygen atoms in total. The van der Waals surface area contributed by atoms with Crippen LogP contribution in [0.1, 0.15) is 27.8 Å². The van der Waals surface area contributed by atoms with Gasteiger partial charge in [-0.25, -0.2) is 0 Å². The molecular formula is C28H13I7N2. The van der Waals surface area contributed by atoms with E-state index in [9.17, 15) is 10.5 Å². The highest BCUT2D eigenvalue weighted by Gasteiger charge is 2.17. The molecule has 37 heavy (non-hydrogen) atoms. The third-order valence-corrected chi connectivity index (χ3v) is 14.1. The molecule has 4 aromatic rings. The fraction of sp³-hybridized carbons (Fsp3) is 0.0714. The van der Waals surface area contributed by atoms with Gasteiger partial charge in [0.2, 0.25) is 0 Å². The van der Waals surface area contributed by atoms with E-state index >= 15 is 0 Å². The van der Waals surface area contributed by atoms with Gasteiger partial charge in [0.05, 0.1) is 11.1 Å². The Hall–Kier alpha value is 0.970. The zero-order valence-electron chi connectivity index (χ0n) is 18.9. The van der Waals surface area contributed by atoms with Crippen LogP contribution < -0.4 is 0 Å². The lowest BCUT2D eigenvalue weighted by atomic mass is 9.94. The summed E-state index contributed by atoms with van der Waals surface area (Å²) in [5.41, 5.74) is 10.1. The number of rotatable bonds is 4. The minimum absolute atomic E-state index is 0.741. The van der Waals surface area contributed by atoms with Crippen molar-refractivity contribution < 1.29 is 0 Å². The Kier molecular flexibility index (Phi) is 11.1. The molecule has 0 aliphatic carbocycles. The lowest BCUT2D eigenvalue weighted by Gasteiger charge is -2.16. The largest absolute Gasteiger partial charge is 0.192 e. The molecule has 0 saturated heterocycles. The first-order chi connectivity index (χ1) is 17.6. The molecule has 4 rings (SSSR count). The van der Waals surface area contributed by atoms with Crippen LogP contribution >= 0.6 is 158 Å². The number of nitriles is 2. The number of hydrogen-bond donors (Lipinski definition) is 0. The van der Waals surface area contributed by atoms with E-state index in [4.69, 9.17) is 0 Å². The smallest absolute Gasteiger partial charge is 0.101 e. The van der Waals surface area contributed by atoms with Gasteiger partial charge in [0, 0.05) is 25.0 Å². The number of halogens is 7. The molecule has 0 spiro atoms. The molecule has 0 radical (unpaired) electrons. The summed E-state index contributed by atoms with van der Waals surface area (Å²) in [4.78, 5) is 0. The van der Waals surface area contributed by atoms with E-state index in [2.05, 4.69) is 226 Å². The van der Waals surface area contributed by atoms with E-state index in [0.717, 1.165) is 43.0 Å². The van der Waals surface area contributed by atoms with E-state index in [0.29, 0.717) is 0 Å². The van der Waals surface area contributed by atoms with E-state index in [-0.39, 0.29) is 0 Å². The van der Waals surface area contributed by atoms with Crippen LogP contribution in [0.2, 0.25) is 0 Å². The average molecular weight is 1270 g/mol. The predicted octanol–water partition coefficient (Wildman–Crippen LogP) is 10.9. The molecule has 0 N–H and O–H groups in total. The molecular weight excluding hydrogens is 1250 g/mol. The highest BCUT2D eigenvalue weighted by Crippen LogP contribution is 2.37. The second-order valence-electron chi connectivity index (χ2n) is 8.14. The summed E-state index contributed by atoms with van der Waals surface area (Å²) >= 11 is 16.4. The van der Waals surface area contributed by atoms with Crippen molar-refractivity contribution in [2.24, 2.45) is 0 Å². The van der Waals surface area contributed by atoms with Crippen LogP contribution in [0, 0.1) is 54.6 Å². The fourth-order valence-corrected chi connectivity index (χ4v) is 10.3. The van der Waals surface area contributed by atoms with Gasteiger partial charge < -0.3 is 0 Å². The first kappa shape index (κ1) is 30.9. The van der Waals surface area contributed by atoms with E-state index in [1.165, 1.54) is 38.5 Å². The van der Waals surface area contributed by atoms with E-state index < -0.39 is 0 Å². The highest BCUT2D eigenvalue weighted by atomic mass is 127. The van der Waals surface area contributed by atoms with Gasteiger partial charge in [0.1, 0.15) is 12.1 Å². The van der Waals surface area contributed by atoms with Crippen molar-refractivity contribution in [3.8, 4) is 34.4 Å². The predicted molar refractivity (Wildman–Crippen MR) is 210 cm³/mol. The zero-order chi connectivity index (χ0) is 27.0. The Morgan fingerprint density at radius 1 is 0.568 bits per heavy atom. The van der Waals surface area contributed by atoms with E-state index in [1.54, 1.807) is 0 Å². The van der Waals surface area contributed by atoms with Gasteiger partial charge in [-0.3, -0.25) is 0 Å². The molecule has 0 aliphatic rings. The topological polar surface area (TPSA) is 47.6 Å². The lowest BCUT2D eigenvalue weighted by Crippen LogP contribution is -2.01. The molecule has 184 valence electrons. The first-order valence-corrected chi connectivity index (χ1v) is 18.2. The zero-order valence-corrected chi connectivity index (χ0v) is 34.0. The summed E-state index contributed by atoms with van der Waals surface area (Å²) < 4.78 is 7.67. The summed E-state index contributed by atoms with van der Waals surface area (Å²) in [6, 6.07) is 21.9. The van der Waals surface area contributed by atoms with E-state index in [1.807, 2.05) is 0 Å². The molecule has 9 heteroatoms. The molecule has 0 bridgehead atoms. The highest BCUT2D eigenvalue weighted by molar-refractivity contribution is 14.1. The van der Waals surface area contributed by atoms with Crippen LogP contribution in [0.3, 0.4) is 0 Å². The summed E-state index contributed by atoms with van der Waals surface area (Å²) in [5.74, 6) is 0. The summed E-state index contributed by atoms with van der Waals surface area (Å²) in [7, 11) is 0. The average Bonchev–Trinajstić information content (AvgIpc) is 2.84. The van der Waals surface area contributed by atoms with Crippen molar-refractivity contribution in [1.29, 1.82) is 10.5 Å². The quantitative estimate of drug-likeness (QED) is 0.191. The molecule has 0 heterocycles. The minimum atomic E-state index is 0.741. The number of hydrogen-bond acceptors (Lipinski definition) is 2. The monoisotopic (exact) mass is 1270 g/mol. The van der Waals surface area contributed by atoms with Gasteiger partial charge >= 0.3 is 0 Å². The normalized spacial score (nSPS) is 10.8. The molecule has 4 aromatic carbocycles. The van der Waals surface area contributed by atoms with Gasteiger partial charge in [0.25, 0.3) is 0 Å². The van der Waals surface area contributed by atoms with Crippen molar-refractivity contribution in [1.82, 2.24) is 0 Å². The standard InChI is InChI=1S/C28H13I7N2/c1-13-14(2-4-18(26(13)33)16-7-22(29)20(11-36)23(30)8-16)6-15-3-5-19(28(35)27(15)34)17-9-24(31)21(12-37)25(32)10-17/h2-5,7-10H,6H2,1H3. The fourth-order valence-electron chi connectivity index (χ4n) is 3.96. The maximum Gasteiger partial charge on any atom is 0.101 e. The molecule has 0 saturated carbocycles. The second kappa shape index (κ2) is 13.3. The van der Waals surface area contributed by atoms with Gasteiger partial charge in [0.15, 0.2) is 0 Å². The Balaban J connectivity index is 1.70. The molecule has 0 aliphatic heterocycles. The summed E-state index contributed by atoms with van der Waals surface area (Å²) in [6.45, 7) is 2.20. The van der Waals surface area contributed by atoms with Crippen LogP contribution in [0.5, 0.6) is 0 Å². The SMILES string of the molecule is Cc1c(Cc2ccc(-c3cc(I)c(C#N)c(I)c3)c(I)c2I)ccc(-c2cc(I)c(C#N)c(I)c2)c1I. The minimum Gasteiger partial charge on any atom is -0.192 e. The third kappa shape index (κ3) is 6.57. The summed E-state index contributed by atoms with van der Waals surface area (Å²) in [6.07, 6.45) is 0.863. The first-order valence-electron chi connectivity index (χ1n) is 10.6. The van der Waals surface area contributed by atoms with Gasteiger partial charge in [-0.2, -0.15) is 10.5 Å². The Morgan fingerprint density at radius 3 is 1.41 bits per heavy atom. The maximum absolute atomic E-state index is 9.43. The lowest BCUT2D eigenvalue weighted by molar-refractivity contribution is 1.13. The van der Waals surface area contributed by atoms with Crippen molar-refractivity contribution in [3.63, 3.8) is 0 Å². The van der Waals surface area contributed by atoms with Crippen LogP contribution in [0.25, 0.3) is 22.3 Å². The maximum atomic E-state index is 9.43. The Bertz CT molecular complexity index is 1490. The molecule has 0 unspecified atom stereocenters. The van der Waals surface area contributed by atoms with Crippen molar-refractivity contribution in [3.05, 3.63) is 101 Å². The van der Waals surface area contributed by atoms with Crippen LogP contribution in [-0.4, -0.2) is 0 Å². The summed E-state index contributed by atoms with van der Waals surface area (Å²) in [5, 5.41) is 18.9. The molecule has 0 amide bonds. The van der Waals surface area contributed by atoms with Gasteiger partial charge in [-0.1, -0.05) is 24.3 Å². The molecule has 0 fully saturated rings. The van der Waals surface area contributed by atoms with Crippen molar-refractivity contribution in [2.75, 3.05) is 0 Å². The Labute approximate surface area is 312 Å². The number of benzene rings is 4. The van der Waals surface area contributed by atoms with Gasteiger partial charge in [-0.15, -0.1) is 0 Å². The van der Waals surface area contributed by atoms with Crippen LogP contribution in [-0.2, 0) is 6.42 Å². The molecule has 0 atom stereocenters. The van der Waals surface area contributed by atoms with Crippen LogP contribution in [0.4, 0.5) is 0 Å². The number of nitrogens with zero attached hydrogens (tertiary/aromatic N) is 2. The van der Waals surface area contributed by atoms with Crippen molar-refractivity contribution >= 4 is 158 Å². The Morgan fingerprint density at radius 2 is 0.973 bits per heavy atom. The second-order valence-corrected chi connectivity index (χ2v) is 16.0.